The molecule has 62 heavy (non-hydrogen) atoms. The maximum atomic E-state index is 14.6. The van der Waals surface area contributed by atoms with Gasteiger partial charge in [0, 0.05) is 37.7 Å². The Labute approximate surface area is 366 Å². The fraction of sp³-hybridized carbons (Fsp3) is 0.500. The third-order valence-corrected chi connectivity index (χ3v) is 11.9. The number of methoxy groups -OCH3 is 1. The first kappa shape index (κ1) is 46.3. The van der Waals surface area contributed by atoms with Gasteiger partial charge in [-0.05, 0) is 112 Å². The zero-order valence-electron chi connectivity index (χ0n) is 36.9. The molecule has 1 heterocycles. The maximum Gasteiger partial charge on any atom is 0.410 e. The number of hydrogen-bond donors (Lipinski definition) is 2. The van der Waals surface area contributed by atoms with Gasteiger partial charge >= 0.3 is 6.09 Å². The highest BCUT2D eigenvalue weighted by molar-refractivity contribution is 6.03. The number of hydrogen-bond acceptors (Lipinski definition) is 11. The number of aliphatic hydroxyl groups excluding tert-OH is 2. The average Bonchev–Trinajstić information content (AvgIpc) is 3.27. The van der Waals surface area contributed by atoms with Crippen LogP contribution >= 0.6 is 0 Å². The predicted molar refractivity (Wildman–Crippen MR) is 238 cm³/mol. The van der Waals surface area contributed by atoms with E-state index in [-0.39, 0.29) is 50.6 Å². The average molecular weight is 853 g/mol. The number of amides is 1. The van der Waals surface area contributed by atoms with Crippen LogP contribution in [0.3, 0.4) is 0 Å². The van der Waals surface area contributed by atoms with Crippen LogP contribution in [0.4, 0.5) is 4.79 Å². The molecule has 2 aliphatic carbocycles. The first-order chi connectivity index (χ1) is 30.0. The van der Waals surface area contributed by atoms with Crippen molar-refractivity contribution in [3.05, 3.63) is 108 Å². The Hall–Kier alpha value is -5.17. The molecule has 0 spiro atoms. The van der Waals surface area contributed by atoms with Gasteiger partial charge in [0.2, 0.25) is 5.79 Å². The second-order valence-electron chi connectivity index (χ2n) is 17.3. The van der Waals surface area contributed by atoms with Crippen LogP contribution in [0.1, 0.15) is 106 Å². The van der Waals surface area contributed by atoms with Gasteiger partial charge in [-0.2, -0.15) is 0 Å². The van der Waals surface area contributed by atoms with Crippen molar-refractivity contribution in [1.82, 2.24) is 4.90 Å². The molecule has 0 saturated heterocycles. The van der Waals surface area contributed by atoms with E-state index in [0.717, 1.165) is 48.7 Å². The number of ether oxygens (including phenoxy) is 5. The highest BCUT2D eigenvalue weighted by atomic mass is 16.7. The summed E-state index contributed by atoms with van der Waals surface area (Å²) >= 11 is 0. The van der Waals surface area contributed by atoms with Crippen molar-refractivity contribution in [3.8, 4) is 23.0 Å². The normalized spacial score (nSPS) is 23.2. The Bertz CT molecular complexity index is 2040. The molecule has 6 atom stereocenters. The number of oxime groups is 1. The summed E-state index contributed by atoms with van der Waals surface area (Å²) in [5.41, 5.74) is 3.17. The smallest absolute Gasteiger partial charge is 0.410 e. The van der Waals surface area contributed by atoms with Crippen molar-refractivity contribution < 1.29 is 48.3 Å². The molecule has 3 aromatic rings. The molecule has 0 bridgehead atoms. The molecular weight excluding hydrogens is 789 g/mol. The van der Waals surface area contributed by atoms with Crippen molar-refractivity contribution in [2.75, 3.05) is 33.5 Å². The van der Waals surface area contributed by atoms with Crippen LogP contribution in [-0.4, -0.2) is 84.1 Å². The van der Waals surface area contributed by atoms with Gasteiger partial charge in [-0.1, -0.05) is 67.4 Å². The van der Waals surface area contributed by atoms with Crippen LogP contribution < -0.4 is 14.2 Å². The van der Waals surface area contributed by atoms with Gasteiger partial charge < -0.3 is 38.7 Å². The lowest BCUT2D eigenvalue weighted by Crippen LogP contribution is -2.70. The van der Waals surface area contributed by atoms with Gasteiger partial charge in [0.1, 0.15) is 41.2 Å². The second kappa shape index (κ2) is 21.3. The van der Waals surface area contributed by atoms with E-state index in [4.69, 9.17) is 33.7 Å². The molecule has 12 nitrogen and oxygen atoms in total. The minimum Gasteiger partial charge on any atom is -0.496 e. The van der Waals surface area contributed by atoms with Crippen LogP contribution in [0.5, 0.6) is 23.0 Å². The minimum absolute atomic E-state index is 0.0226. The Kier molecular flexibility index (Phi) is 15.9. The van der Waals surface area contributed by atoms with E-state index < -0.39 is 29.4 Å². The molecule has 2 N–H and O–H groups in total. The summed E-state index contributed by atoms with van der Waals surface area (Å²) in [5.74, 6) is -0.0429. The summed E-state index contributed by atoms with van der Waals surface area (Å²) in [6.07, 6.45) is 9.66. The number of fused-ring (bicyclic) bond motifs is 2. The molecule has 1 aliphatic heterocycles. The SMILES string of the molecule is C=CCO[C@@]12Oc3ccc(Oc4ccc(OC)c(C=O)c4)cc3[C@H]3[C@H](CCCCO)[C@@H](CCCCO)C=C(C(=NOC(C)(C)C)C[C@@H]1N(CCC)C(=O)OCc1ccccc1)[C@H]32. The van der Waals surface area contributed by atoms with Gasteiger partial charge in [-0.3, -0.25) is 9.69 Å². The van der Waals surface area contributed by atoms with Gasteiger partial charge in [0.25, 0.3) is 0 Å². The lowest BCUT2D eigenvalue weighted by Gasteiger charge is -2.60. The molecule has 3 aromatic carbocycles. The Balaban J connectivity index is 1.57. The predicted octanol–water partition coefficient (Wildman–Crippen LogP) is 9.78. The van der Waals surface area contributed by atoms with E-state index in [2.05, 4.69) is 12.7 Å². The molecular formula is C50H64N2O10. The summed E-state index contributed by atoms with van der Waals surface area (Å²) in [5, 5.41) is 24.8. The minimum atomic E-state index is -1.43. The van der Waals surface area contributed by atoms with E-state index in [1.807, 2.05) is 76.2 Å². The topological polar surface area (TPSA) is 146 Å². The van der Waals surface area contributed by atoms with Gasteiger partial charge in [0.05, 0.1) is 30.9 Å². The van der Waals surface area contributed by atoms with Crippen LogP contribution in [-0.2, 0) is 20.9 Å². The van der Waals surface area contributed by atoms with E-state index >= 15 is 0 Å². The summed E-state index contributed by atoms with van der Waals surface area (Å²) in [7, 11) is 1.52. The second-order valence-corrected chi connectivity index (χ2v) is 17.3. The third kappa shape index (κ3) is 10.5. The summed E-state index contributed by atoms with van der Waals surface area (Å²) < 4.78 is 32.3. The quantitative estimate of drug-likeness (QED) is 0.0460. The van der Waals surface area contributed by atoms with E-state index in [1.165, 1.54) is 7.11 Å². The summed E-state index contributed by atoms with van der Waals surface area (Å²) in [6.45, 7) is 12.7. The first-order valence-corrected chi connectivity index (χ1v) is 22.1. The van der Waals surface area contributed by atoms with Crippen LogP contribution in [0, 0.1) is 17.8 Å². The van der Waals surface area contributed by atoms with E-state index in [0.29, 0.717) is 60.1 Å². The molecule has 0 radical (unpaired) electrons. The summed E-state index contributed by atoms with van der Waals surface area (Å²) in [4.78, 5) is 34.5. The van der Waals surface area contributed by atoms with Crippen LogP contribution in [0.2, 0.25) is 0 Å². The zero-order valence-corrected chi connectivity index (χ0v) is 36.9. The van der Waals surface area contributed by atoms with Gasteiger partial charge in [-0.25, -0.2) is 4.79 Å². The molecule has 0 aromatic heterocycles. The van der Waals surface area contributed by atoms with Crippen molar-refractivity contribution >= 4 is 18.1 Å². The van der Waals surface area contributed by atoms with Crippen molar-refractivity contribution in [2.24, 2.45) is 22.9 Å². The lowest BCUT2D eigenvalue weighted by atomic mass is 9.55. The molecule has 1 saturated carbocycles. The Morgan fingerprint density at radius 2 is 1.73 bits per heavy atom. The third-order valence-electron chi connectivity index (χ3n) is 11.9. The molecule has 1 amide bonds. The van der Waals surface area contributed by atoms with Crippen LogP contribution in [0.15, 0.2) is 96.2 Å². The number of carbonyl (C=O) groups is 2. The van der Waals surface area contributed by atoms with Gasteiger partial charge in [0.15, 0.2) is 6.29 Å². The van der Waals surface area contributed by atoms with E-state index in [1.54, 1.807) is 29.2 Å². The molecule has 12 heteroatoms. The zero-order chi connectivity index (χ0) is 44.3. The molecule has 1 fully saturated rings. The number of nitrogens with zero attached hydrogens (tertiary/aromatic N) is 2. The molecule has 334 valence electrons. The summed E-state index contributed by atoms with van der Waals surface area (Å²) in [6, 6.07) is 19.7. The number of unbranched alkanes of at least 4 members (excludes halogenated alkanes) is 2. The fourth-order valence-corrected chi connectivity index (χ4v) is 9.33. The van der Waals surface area contributed by atoms with Crippen molar-refractivity contribution in [1.29, 1.82) is 0 Å². The number of allylic oxidation sites excluding steroid dienone is 1. The highest BCUT2D eigenvalue weighted by Gasteiger charge is 2.65. The maximum absolute atomic E-state index is 14.6. The number of aldehydes is 1. The molecule has 3 aliphatic rings. The van der Waals surface area contributed by atoms with Crippen LogP contribution in [0.25, 0.3) is 0 Å². The standard InChI is InChI=1S/C50H64N2O10/c1-7-24-52(48(56)58-33-34-16-10-9-11-17-34)45-31-42(51-62-49(3,4)5)40-29-35(18-12-14-25-53)39(19-13-15-26-54)46-41-30-38(60-37-20-22-43(57-6)36(28-37)32-55)21-23-44(41)61-50(45,47(40)46)59-27-8-2/h8-11,16-17,20-23,28-30,32,35,39,45-47,53-54H,2,7,12-15,18-19,24-27,31,33H2,1,3-6H3/t35-,39+,45-,46+,47+,50+/m0/s1. The Morgan fingerprint density at radius 1 is 1.00 bits per heavy atom. The van der Waals surface area contributed by atoms with Crippen molar-refractivity contribution in [3.63, 3.8) is 0 Å². The molecule has 0 unspecified atom stereocenters. The number of aliphatic hydroxyl groups is 2. The number of benzene rings is 3. The lowest BCUT2D eigenvalue weighted by molar-refractivity contribution is -0.255. The number of carbonyl (C=O) groups excluding carboxylic acids is 2. The number of rotatable bonds is 21. The molecule has 6 rings (SSSR count). The monoisotopic (exact) mass is 852 g/mol. The van der Waals surface area contributed by atoms with E-state index in [9.17, 15) is 19.8 Å². The van der Waals surface area contributed by atoms with Crippen molar-refractivity contribution in [2.45, 2.75) is 109 Å². The fourth-order valence-electron chi connectivity index (χ4n) is 9.33. The highest BCUT2D eigenvalue weighted by Crippen LogP contribution is 2.62. The Morgan fingerprint density at radius 3 is 2.40 bits per heavy atom. The van der Waals surface area contributed by atoms with Gasteiger partial charge in [-0.15, -0.1) is 6.58 Å². The first-order valence-electron chi connectivity index (χ1n) is 22.1. The largest absolute Gasteiger partial charge is 0.496 e.